The van der Waals surface area contributed by atoms with Crippen molar-refractivity contribution in [3.63, 3.8) is 0 Å². The van der Waals surface area contributed by atoms with Gasteiger partial charge in [0.15, 0.2) is 5.78 Å². The number of hydrogen-bond donors (Lipinski definition) is 0. The number of rotatable bonds is 8. The molecule has 29 heavy (non-hydrogen) atoms. The minimum Gasteiger partial charge on any atom is -0.494 e. The fourth-order valence-electron chi connectivity index (χ4n) is 4.64. The molecule has 1 aromatic carbocycles. The molecule has 0 radical (unpaired) electrons. The molecule has 2 heterocycles. The molecule has 158 valence electrons. The number of carbonyl (C=O) groups excluding carboxylic acids is 2. The number of fused-ring (bicyclic) bond motifs is 2. The largest absolute Gasteiger partial charge is 0.494 e. The Morgan fingerprint density at radius 3 is 2.38 bits per heavy atom. The summed E-state index contributed by atoms with van der Waals surface area (Å²) < 4.78 is 5.87. The number of carbonyl (C=O) groups is 2. The van der Waals surface area contributed by atoms with Crippen molar-refractivity contribution in [1.29, 1.82) is 0 Å². The standard InChI is InChI=1S/C24H34N2O3/c1-24(2,3)14-22(27)26-16-19-13-20(26)15-25(19)11-4-12-29-21-9-7-18(8-10-21)23(28)17-5-6-17/h7-10,17,19-20H,4-6,11-16H2,1-3H3/t19-,20-/m0/s1. The van der Waals surface area contributed by atoms with Crippen molar-refractivity contribution in [2.45, 2.75) is 65.0 Å². The number of ether oxygens (including phenoxy) is 1. The Balaban J connectivity index is 1.16. The monoisotopic (exact) mass is 398 g/mol. The van der Waals surface area contributed by atoms with Crippen molar-refractivity contribution in [2.24, 2.45) is 11.3 Å². The van der Waals surface area contributed by atoms with E-state index in [0.717, 1.165) is 56.6 Å². The first-order valence-electron chi connectivity index (χ1n) is 11.1. The van der Waals surface area contributed by atoms with Gasteiger partial charge >= 0.3 is 0 Å². The minimum absolute atomic E-state index is 0.0549. The first-order valence-corrected chi connectivity index (χ1v) is 11.1. The average Bonchev–Trinajstić information content (AvgIpc) is 3.33. The summed E-state index contributed by atoms with van der Waals surface area (Å²) >= 11 is 0. The van der Waals surface area contributed by atoms with Gasteiger partial charge in [-0.1, -0.05) is 20.8 Å². The van der Waals surface area contributed by atoms with Gasteiger partial charge in [-0.25, -0.2) is 0 Å². The van der Waals surface area contributed by atoms with E-state index >= 15 is 0 Å². The number of piperazine rings is 1. The van der Waals surface area contributed by atoms with Crippen LogP contribution in [0.15, 0.2) is 24.3 Å². The molecule has 2 bridgehead atoms. The fourth-order valence-corrected chi connectivity index (χ4v) is 4.64. The smallest absolute Gasteiger partial charge is 0.223 e. The summed E-state index contributed by atoms with van der Waals surface area (Å²) in [6, 6.07) is 8.50. The topological polar surface area (TPSA) is 49.9 Å². The van der Waals surface area contributed by atoms with Crippen LogP contribution >= 0.6 is 0 Å². The second-order valence-electron chi connectivity index (χ2n) is 10.2. The van der Waals surface area contributed by atoms with E-state index < -0.39 is 0 Å². The molecule has 2 atom stereocenters. The summed E-state index contributed by atoms with van der Waals surface area (Å²) in [6.45, 7) is 9.96. The third kappa shape index (κ3) is 5.00. The molecule has 0 aromatic heterocycles. The molecular weight excluding hydrogens is 364 g/mol. The fraction of sp³-hybridized carbons (Fsp3) is 0.667. The SMILES string of the molecule is CC(C)(C)CC(=O)N1C[C@@H]2C[C@H]1CN2CCCOc1ccc(C(=O)C2CC2)cc1. The van der Waals surface area contributed by atoms with E-state index in [1.54, 1.807) is 0 Å². The first kappa shape index (κ1) is 20.4. The molecular formula is C24H34N2O3. The summed E-state index contributed by atoms with van der Waals surface area (Å²) in [5.74, 6) is 1.68. The number of likely N-dealkylation sites (tertiary alicyclic amines) is 2. The Kier molecular flexibility index (Phi) is 5.69. The normalized spacial score (nSPS) is 24.2. The summed E-state index contributed by atoms with van der Waals surface area (Å²) in [7, 11) is 0. The van der Waals surface area contributed by atoms with Gasteiger partial charge in [-0.2, -0.15) is 0 Å². The highest BCUT2D eigenvalue weighted by Crippen LogP contribution is 2.34. The molecule has 4 rings (SSSR count). The minimum atomic E-state index is 0.0549. The number of amides is 1. The van der Waals surface area contributed by atoms with Gasteiger partial charge in [0.25, 0.3) is 0 Å². The van der Waals surface area contributed by atoms with Crippen LogP contribution in [0.2, 0.25) is 0 Å². The van der Waals surface area contributed by atoms with Crippen LogP contribution in [0, 0.1) is 11.3 Å². The van der Waals surface area contributed by atoms with E-state index in [1.807, 2.05) is 24.3 Å². The molecule has 2 aliphatic heterocycles. The third-order valence-corrected chi connectivity index (χ3v) is 6.30. The number of benzene rings is 1. The lowest BCUT2D eigenvalue weighted by molar-refractivity contribution is -0.135. The van der Waals surface area contributed by atoms with E-state index in [0.29, 0.717) is 31.0 Å². The lowest BCUT2D eigenvalue weighted by atomic mass is 9.91. The maximum Gasteiger partial charge on any atom is 0.223 e. The van der Waals surface area contributed by atoms with Gasteiger partial charge in [0.2, 0.25) is 5.91 Å². The van der Waals surface area contributed by atoms with E-state index in [-0.39, 0.29) is 17.1 Å². The molecule has 2 saturated heterocycles. The maximum absolute atomic E-state index is 12.5. The Hall–Kier alpha value is -1.88. The van der Waals surface area contributed by atoms with Crippen molar-refractivity contribution in [3.8, 4) is 5.75 Å². The molecule has 0 unspecified atom stereocenters. The van der Waals surface area contributed by atoms with Crippen molar-refractivity contribution < 1.29 is 14.3 Å². The van der Waals surface area contributed by atoms with Crippen LogP contribution < -0.4 is 4.74 Å². The van der Waals surface area contributed by atoms with Crippen LogP contribution in [0.5, 0.6) is 5.75 Å². The molecule has 0 N–H and O–H groups in total. The second-order valence-corrected chi connectivity index (χ2v) is 10.2. The maximum atomic E-state index is 12.5. The highest BCUT2D eigenvalue weighted by molar-refractivity contribution is 5.99. The van der Waals surface area contributed by atoms with Gasteiger partial charge in [-0.15, -0.1) is 0 Å². The summed E-state index contributed by atoms with van der Waals surface area (Å²) in [4.78, 5) is 29.2. The number of Topliss-reactive ketones (excluding diaryl/α,β-unsaturated/α-hetero) is 1. The van der Waals surface area contributed by atoms with E-state index in [1.165, 1.54) is 0 Å². The first-order chi connectivity index (χ1) is 13.8. The van der Waals surface area contributed by atoms with Crippen molar-refractivity contribution in [2.75, 3.05) is 26.2 Å². The van der Waals surface area contributed by atoms with Gasteiger partial charge in [0, 0.05) is 49.6 Å². The molecule has 1 amide bonds. The zero-order valence-corrected chi connectivity index (χ0v) is 18.0. The van der Waals surface area contributed by atoms with Gasteiger partial charge in [0.1, 0.15) is 5.75 Å². The highest BCUT2D eigenvalue weighted by Gasteiger charge is 2.45. The van der Waals surface area contributed by atoms with Crippen molar-refractivity contribution >= 4 is 11.7 Å². The summed E-state index contributed by atoms with van der Waals surface area (Å²) in [5.41, 5.74) is 0.859. The van der Waals surface area contributed by atoms with Crippen LogP contribution in [0.1, 0.15) is 63.2 Å². The molecule has 5 nitrogen and oxygen atoms in total. The predicted octanol–water partition coefficient (Wildman–Crippen LogP) is 3.77. The molecule has 0 spiro atoms. The Labute approximate surface area is 174 Å². The zero-order valence-electron chi connectivity index (χ0n) is 18.0. The van der Waals surface area contributed by atoms with Gasteiger partial charge < -0.3 is 9.64 Å². The molecule has 3 fully saturated rings. The van der Waals surface area contributed by atoms with Crippen LogP contribution in [0.3, 0.4) is 0 Å². The number of nitrogens with zero attached hydrogens (tertiary/aromatic N) is 2. The zero-order chi connectivity index (χ0) is 20.6. The third-order valence-electron chi connectivity index (χ3n) is 6.30. The molecule has 1 aromatic rings. The lowest BCUT2D eigenvalue weighted by Gasteiger charge is -2.35. The van der Waals surface area contributed by atoms with Crippen LogP contribution in [-0.2, 0) is 4.79 Å². The van der Waals surface area contributed by atoms with E-state index in [9.17, 15) is 9.59 Å². The van der Waals surface area contributed by atoms with Gasteiger partial charge in [-0.05, 0) is 55.4 Å². The Morgan fingerprint density at radius 2 is 1.79 bits per heavy atom. The van der Waals surface area contributed by atoms with Crippen LogP contribution in [0.4, 0.5) is 0 Å². The molecule has 1 saturated carbocycles. The molecule has 5 heteroatoms. The van der Waals surface area contributed by atoms with Crippen molar-refractivity contribution in [3.05, 3.63) is 29.8 Å². The Morgan fingerprint density at radius 1 is 1.07 bits per heavy atom. The summed E-state index contributed by atoms with van der Waals surface area (Å²) in [5, 5.41) is 0. The highest BCUT2D eigenvalue weighted by atomic mass is 16.5. The number of hydrogen-bond acceptors (Lipinski definition) is 4. The van der Waals surface area contributed by atoms with Gasteiger partial charge in [0.05, 0.1) is 6.61 Å². The van der Waals surface area contributed by atoms with Crippen molar-refractivity contribution in [1.82, 2.24) is 9.80 Å². The van der Waals surface area contributed by atoms with Crippen LogP contribution in [0.25, 0.3) is 0 Å². The average molecular weight is 399 g/mol. The molecule has 1 aliphatic carbocycles. The summed E-state index contributed by atoms with van der Waals surface area (Å²) in [6.07, 6.45) is 4.81. The lowest BCUT2D eigenvalue weighted by Crippen LogP contribution is -2.49. The van der Waals surface area contributed by atoms with E-state index in [4.69, 9.17) is 4.74 Å². The van der Waals surface area contributed by atoms with E-state index in [2.05, 4.69) is 30.6 Å². The quantitative estimate of drug-likeness (QED) is 0.494. The van der Waals surface area contributed by atoms with Gasteiger partial charge in [-0.3, -0.25) is 14.5 Å². The van der Waals surface area contributed by atoms with Crippen LogP contribution in [-0.4, -0.2) is 59.8 Å². The number of ketones is 1. The predicted molar refractivity (Wildman–Crippen MR) is 113 cm³/mol. The Bertz CT molecular complexity index is 748. The molecule has 3 aliphatic rings. The second kappa shape index (κ2) is 8.10.